The van der Waals surface area contributed by atoms with Gasteiger partial charge in [-0.25, -0.2) is 0 Å². The van der Waals surface area contributed by atoms with E-state index in [2.05, 4.69) is 5.32 Å². The fraction of sp³-hybridized carbons (Fsp3) is 0.188. The Labute approximate surface area is 112 Å². The van der Waals surface area contributed by atoms with E-state index in [1.54, 1.807) is 24.7 Å². The predicted molar refractivity (Wildman–Crippen MR) is 75.5 cm³/mol. The highest BCUT2D eigenvalue weighted by Crippen LogP contribution is 2.04. The second kappa shape index (κ2) is 6.59. The van der Waals surface area contributed by atoms with E-state index in [-0.39, 0.29) is 11.9 Å². The lowest BCUT2D eigenvalue weighted by Crippen LogP contribution is -2.32. The van der Waals surface area contributed by atoms with Crippen LogP contribution in [0.2, 0.25) is 0 Å². The number of furan rings is 1. The minimum Gasteiger partial charge on any atom is -0.472 e. The Kier molecular flexibility index (Phi) is 4.56. The van der Waals surface area contributed by atoms with Gasteiger partial charge in [-0.2, -0.15) is 0 Å². The van der Waals surface area contributed by atoms with Crippen LogP contribution in [0.1, 0.15) is 18.1 Å². The van der Waals surface area contributed by atoms with Crippen molar-refractivity contribution in [2.75, 3.05) is 0 Å². The Morgan fingerprint density at radius 2 is 2.11 bits per heavy atom. The zero-order chi connectivity index (χ0) is 13.5. The van der Waals surface area contributed by atoms with Crippen LogP contribution in [0.3, 0.4) is 0 Å². The highest BCUT2D eigenvalue weighted by Gasteiger charge is 2.06. The van der Waals surface area contributed by atoms with Crippen LogP contribution in [-0.2, 0) is 11.2 Å². The number of rotatable bonds is 5. The molecule has 98 valence electrons. The third-order valence-corrected chi connectivity index (χ3v) is 2.74. The van der Waals surface area contributed by atoms with Gasteiger partial charge in [-0.05, 0) is 36.6 Å². The van der Waals surface area contributed by atoms with Crippen LogP contribution >= 0.6 is 0 Å². The Hall–Kier alpha value is -2.29. The number of hydrogen-bond acceptors (Lipinski definition) is 2. The number of hydrogen-bond donors (Lipinski definition) is 1. The van der Waals surface area contributed by atoms with Crippen molar-refractivity contribution in [1.29, 1.82) is 0 Å². The van der Waals surface area contributed by atoms with Crippen molar-refractivity contribution in [3.8, 4) is 0 Å². The second-order valence-electron chi connectivity index (χ2n) is 4.49. The van der Waals surface area contributed by atoms with Crippen molar-refractivity contribution >= 4 is 12.0 Å². The molecule has 1 aromatic carbocycles. The fourth-order valence-corrected chi connectivity index (χ4v) is 1.84. The third kappa shape index (κ3) is 4.47. The van der Waals surface area contributed by atoms with Crippen molar-refractivity contribution in [3.05, 3.63) is 66.1 Å². The molecular formula is C16H17NO2. The van der Waals surface area contributed by atoms with Gasteiger partial charge >= 0.3 is 0 Å². The maximum atomic E-state index is 11.7. The molecular weight excluding hydrogens is 238 g/mol. The molecule has 0 aliphatic rings. The first kappa shape index (κ1) is 13.1. The first-order valence-electron chi connectivity index (χ1n) is 6.29. The fourth-order valence-electron chi connectivity index (χ4n) is 1.84. The van der Waals surface area contributed by atoms with Crippen LogP contribution in [-0.4, -0.2) is 11.9 Å². The van der Waals surface area contributed by atoms with Crippen LogP contribution in [0, 0.1) is 0 Å². The first-order valence-corrected chi connectivity index (χ1v) is 6.29. The van der Waals surface area contributed by atoms with Crippen molar-refractivity contribution < 1.29 is 9.21 Å². The zero-order valence-electron chi connectivity index (χ0n) is 10.9. The molecule has 1 unspecified atom stereocenters. The van der Waals surface area contributed by atoms with Gasteiger partial charge in [0, 0.05) is 12.1 Å². The summed E-state index contributed by atoms with van der Waals surface area (Å²) >= 11 is 0. The molecule has 0 fully saturated rings. The summed E-state index contributed by atoms with van der Waals surface area (Å²) in [6.45, 7) is 1.97. The number of amides is 1. The van der Waals surface area contributed by atoms with Crippen LogP contribution in [0.5, 0.6) is 0 Å². The van der Waals surface area contributed by atoms with Crippen molar-refractivity contribution in [3.63, 3.8) is 0 Å². The minimum atomic E-state index is -0.0835. The van der Waals surface area contributed by atoms with Crippen molar-refractivity contribution in [2.45, 2.75) is 19.4 Å². The molecule has 1 heterocycles. The number of nitrogens with one attached hydrogen (secondary N) is 1. The number of carbonyl (C=O) groups is 1. The SMILES string of the molecule is CC(Cc1ccoc1)NC(=O)C=Cc1ccccc1. The van der Waals surface area contributed by atoms with Crippen LogP contribution in [0.25, 0.3) is 6.08 Å². The molecule has 2 aromatic rings. The predicted octanol–water partition coefficient (Wildman–Crippen LogP) is 3.04. The summed E-state index contributed by atoms with van der Waals surface area (Å²) in [5.74, 6) is -0.0835. The summed E-state index contributed by atoms with van der Waals surface area (Å²) in [6, 6.07) is 11.7. The Balaban J connectivity index is 1.82. The van der Waals surface area contributed by atoms with Crippen molar-refractivity contribution in [1.82, 2.24) is 5.32 Å². The molecule has 0 radical (unpaired) electrons. The van der Waals surface area contributed by atoms with Gasteiger partial charge in [0.05, 0.1) is 12.5 Å². The molecule has 1 N–H and O–H groups in total. The average Bonchev–Trinajstić information content (AvgIpc) is 2.90. The minimum absolute atomic E-state index is 0.0746. The van der Waals surface area contributed by atoms with E-state index >= 15 is 0 Å². The normalized spacial score (nSPS) is 12.5. The molecule has 0 saturated heterocycles. The van der Waals surface area contributed by atoms with Gasteiger partial charge in [0.25, 0.3) is 0 Å². The highest BCUT2D eigenvalue weighted by molar-refractivity contribution is 5.91. The number of benzene rings is 1. The molecule has 1 amide bonds. The maximum absolute atomic E-state index is 11.7. The average molecular weight is 255 g/mol. The summed E-state index contributed by atoms with van der Waals surface area (Å²) < 4.78 is 5.00. The van der Waals surface area contributed by atoms with E-state index in [0.717, 1.165) is 17.5 Å². The molecule has 0 spiro atoms. The topological polar surface area (TPSA) is 42.2 Å². The Morgan fingerprint density at radius 3 is 2.79 bits per heavy atom. The van der Waals surface area contributed by atoms with Gasteiger partial charge in [0.2, 0.25) is 5.91 Å². The molecule has 0 aliphatic heterocycles. The molecule has 3 heteroatoms. The Bertz CT molecular complexity index is 529. The lowest BCUT2D eigenvalue weighted by molar-refractivity contribution is -0.117. The van der Waals surface area contributed by atoms with Gasteiger partial charge in [-0.15, -0.1) is 0 Å². The largest absolute Gasteiger partial charge is 0.472 e. The quantitative estimate of drug-likeness (QED) is 0.834. The zero-order valence-corrected chi connectivity index (χ0v) is 10.9. The molecule has 19 heavy (non-hydrogen) atoms. The van der Waals surface area contributed by atoms with Gasteiger partial charge in [-0.3, -0.25) is 4.79 Å². The lowest BCUT2D eigenvalue weighted by atomic mass is 10.1. The monoisotopic (exact) mass is 255 g/mol. The van der Waals surface area contributed by atoms with Gasteiger partial charge in [-0.1, -0.05) is 30.3 Å². The molecule has 0 aliphatic carbocycles. The summed E-state index contributed by atoms with van der Waals surface area (Å²) in [7, 11) is 0. The molecule has 0 saturated carbocycles. The summed E-state index contributed by atoms with van der Waals surface area (Å²) in [6.07, 6.45) is 7.46. The van der Waals surface area contributed by atoms with E-state index < -0.39 is 0 Å². The first-order chi connectivity index (χ1) is 9.24. The summed E-state index contributed by atoms with van der Waals surface area (Å²) in [5.41, 5.74) is 2.10. The molecule has 0 bridgehead atoms. The molecule has 3 nitrogen and oxygen atoms in total. The van der Waals surface area contributed by atoms with Crippen LogP contribution < -0.4 is 5.32 Å². The lowest BCUT2D eigenvalue weighted by Gasteiger charge is -2.10. The van der Waals surface area contributed by atoms with Gasteiger partial charge in [0.1, 0.15) is 0 Å². The Morgan fingerprint density at radius 1 is 1.32 bits per heavy atom. The molecule has 2 rings (SSSR count). The smallest absolute Gasteiger partial charge is 0.244 e. The summed E-state index contributed by atoms with van der Waals surface area (Å²) in [4.78, 5) is 11.7. The van der Waals surface area contributed by atoms with Gasteiger partial charge in [0.15, 0.2) is 0 Å². The van der Waals surface area contributed by atoms with Crippen LogP contribution in [0.15, 0.2) is 59.4 Å². The van der Waals surface area contributed by atoms with E-state index in [4.69, 9.17) is 4.42 Å². The highest BCUT2D eigenvalue weighted by atomic mass is 16.3. The van der Waals surface area contributed by atoms with E-state index in [1.165, 1.54) is 0 Å². The molecule has 1 atom stereocenters. The third-order valence-electron chi connectivity index (χ3n) is 2.74. The van der Waals surface area contributed by atoms with Crippen molar-refractivity contribution in [2.24, 2.45) is 0 Å². The standard InChI is InChI=1S/C16H17NO2/c1-13(11-15-9-10-19-12-15)17-16(18)8-7-14-5-3-2-4-6-14/h2-10,12-13H,11H2,1H3,(H,17,18). The van der Waals surface area contributed by atoms with E-state index in [9.17, 15) is 4.79 Å². The maximum Gasteiger partial charge on any atom is 0.244 e. The van der Waals surface area contributed by atoms with E-state index in [0.29, 0.717) is 0 Å². The second-order valence-corrected chi connectivity index (χ2v) is 4.49. The van der Waals surface area contributed by atoms with E-state index in [1.807, 2.05) is 43.3 Å². The van der Waals surface area contributed by atoms with Gasteiger partial charge < -0.3 is 9.73 Å². The molecule has 1 aromatic heterocycles. The number of carbonyl (C=O) groups excluding carboxylic acids is 1. The summed E-state index contributed by atoms with van der Waals surface area (Å²) in [5, 5.41) is 2.92. The van der Waals surface area contributed by atoms with Crippen LogP contribution in [0.4, 0.5) is 0 Å².